The molecule has 11 heteroatoms. The molecule has 0 spiro atoms. The van der Waals surface area contributed by atoms with Crippen LogP contribution in [-0.4, -0.2) is 52.6 Å². The van der Waals surface area contributed by atoms with Gasteiger partial charge in [-0.15, -0.1) is 0 Å². The van der Waals surface area contributed by atoms with Crippen LogP contribution in [0.25, 0.3) is 17.1 Å². The predicted octanol–water partition coefficient (Wildman–Crippen LogP) is 2.99. The lowest BCUT2D eigenvalue weighted by molar-refractivity contribution is -0.182. The van der Waals surface area contributed by atoms with Crippen molar-refractivity contribution in [2.45, 2.75) is 18.2 Å². The second-order valence-electron chi connectivity index (χ2n) is 8.84. The summed E-state index contributed by atoms with van der Waals surface area (Å²) in [6.07, 6.45) is 5.89. The summed E-state index contributed by atoms with van der Waals surface area (Å²) >= 11 is 0. The van der Waals surface area contributed by atoms with E-state index in [1.807, 2.05) is 36.4 Å². The van der Waals surface area contributed by atoms with Crippen molar-refractivity contribution in [2.75, 3.05) is 14.2 Å². The van der Waals surface area contributed by atoms with Gasteiger partial charge in [-0.05, 0) is 42.0 Å². The maximum absolute atomic E-state index is 13.7. The summed E-state index contributed by atoms with van der Waals surface area (Å²) in [4.78, 5) is 30.7. The van der Waals surface area contributed by atoms with E-state index >= 15 is 0 Å². The van der Waals surface area contributed by atoms with E-state index in [0.717, 1.165) is 5.56 Å². The number of benzene rings is 2. The number of aromatic nitrogens is 3. The van der Waals surface area contributed by atoms with Gasteiger partial charge in [0.2, 0.25) is 0 Å². The number of methoxy groups -OCH3 is 2. The maximum atomic E-state index is 13.7. The van der Waals surface area contributed by atoms with Crippen molar-refractivity contribution in [3.05, 3.63) is 103 Å². The molecule has 0 saturated heterocycles. The van der Waals surface area contributed by atoms with Gasteiger partial charge in [0.1, 0.15) is 30.1 Å². The van der Waals surface area contributed by atoms with Crippen molar-refractivity contribution in [1.29, 1.82) is 0 Å². The summed E-state index contributed by atoms with van der Waals surface area (Å²) in [7, 11) is 3.15. The normalized spacial score (nSPS) is 14.1. The third-order valence-corrected chi connectivity index (χ3v) is 6.45. The smallest absolute Gasteiger partial charge is 0.352 e. The molecule has 2 aromatic heterocycles. The molecule has 5 rings (SSSR count). The Morgan fingerprint density at radius 3 is 2.50 bits per heavy atom. The average molecular weight is 542 g/mol. The highest BCUT2D eigenvalue weighted by Gasteiger charge is 2.51. The molecule has 1 aliphatic heterocycles. The summed E-state index contributed by atoms with van der Waals surface area (Å²) in [5, 5.41) is 7.53. The number of pyridine rings is 1. The van der Waals surface area contributed by atoms with Crippen molar-refractivity contribution < 1.29 is 28.5 Å². The minimum Gasteiger partial charge on any atom is -0.497 e. The molecule has 204 valence electrons. The van der Waals surface area contributed by atoms with Crippen LogP contribution in [-0.2, 0) is 20.7 Å². The van der Waals surface area contributed by atoms with E-state index in [1.165, 1.54) is 17.2 Å². The summed E-state index contributed by atoms with van der Waals surface area (Å²) < 4.78 is 23.4. The third-order valence-electron chi connectivity index (χ3n) is 6.45. The van der Waals surface area contributed by atoms with Gasteiger partial charge in [-0.3, -0.25) is 9.59 Å². The Hall–Kier alpha value is -5.32. The molecule has 3 heterocycles. The molecule has 1 unspecified atom stereocenters. The molecule has 11 nitrogen and oxygen atoms in total. The van der Waals surface area contributed by atoms with Crippen LogP contribution in [0.4, 0.5) is 0 Å². The molecule has 3 N–H and O–H groups in total. The Labute approximate surface area is 230 Å². The lowest BCUT2D eigenvalue weighted by atomic mass is 9.97. The molecule has 1 atom stereocenters. The number of nitrogens with two attached hydrogens (primary N) is 1. The molecule has 0 saturated carbocycles. The number of nitrogens with one attached hydrogen (secondary N) is 1. The quantitative estimate of drug-likeness (QED) is 0.312. The highest BCUT2D eigenvalue weighted by molar-refractivity contribution is 5.98. The Kier molecular flexibility index (Phi) is 7.36. The summed E-state index contributed by atoms with van der Waals surface area (Å²) in [5.41, 5.74) is 8.03. The van der Waals surface area contributed by atoms with E-state index in [9.17, 15) is 9.59 Å². The molecule has 4 aromatic rings. The number of hydrogen-bond donors (Lipinski definition) is 2. The highest BCUT2D eigenvalue weighted by Crippen LogP contribution is 2.33. The number of ether oxygens (including phenoxy) is 4. The summed E-state index contributed by atoms with van der Waals surface area (Å²) in [6.45, 7) is 0. The number of nitrogens with zero attached hydrogens (tertiary/aromatic N) is 3. The SMILES string of the molecule is COc1ccc(OC)c(-c2ccn(-c3ncccc3C(=O)NC(Cc3ccccc3)C3(C(N)=O)OC=CO3)n2)c1. The van der Waals surface area contributed by atoms with Crippen LogP contribution in [0, 0.1) is 0 Å². The second-order valence-corrected chi connectivity index (χ2v) is 8.84. The fourth-order valence-corrected chi connectivity index (χ4v) is 4.46. The number of amides is 2. The number of carbonyl (C=O) groups is 2. The van der Waals surface area contributed by atoms with Gasteiger partial charge in [-0.25, -0.2) is 9.67 Å². The first-order valence-electron chi connectivity index (χ1n) is 12.3. The average Bonchev–Trinajstić information content (AvgIpc) is 3.68. The standard InChI is InChI=1S/C29H27N5O6/c1-37-20-10-11-24(38-2)22(18-20)23-12-14-34(33-23)26-21(9-6-13-31-26)27(35)32-25(17-19-7-4-3-5-8-19)29(28(30)36)39-15-16-40-29/h3-16,18,25H,17H2,1-2H3,(H2,30,36)(H,32,35). The van der Waals surface area contributed by atoms with Crippen molar-refractivity contribution in [2.24, 2.45) is 5.73 Å². The van der Waals surface area contributed by atoms with Crippen molar-refractivity contribution >= 4 is 11.8 Å². The second kappa shape index (κ2) is 11.2. The van der Waals surface area contributed by atoms with E-state index in [0.29, 0.717) is 22.8 Å². The van der Waals surface area contributed by atoms with Crippen LogP contribution in [0.5, 0.6) is 11.5 Å². The van der Waals surface area contributed by atoms with Crippen molar-refractivity contribution in [3.63, 3.8) is 0 Å². The van der Waals surface area contributed by atoms with Crippen LogP contribution < -0.4 is 20.5 Å². The zero-order valence-corrected chi connectivity index (χ0v) is 21.8. The number of rotatable bonds is 10. The summed E-state index contributed by atoms with van der Waals surface area (Å²) in [5.74, 6) is -1.81. The van der Waals surface area contributed by atoms with Gasteiger partial charge in [-0.1, -0.05) is 30.3 Å². The molecule has 0 radical (unpaired) electrons. The monoisotopic (exact) mass is 541 g/mol. The fourth-order valence-electron chi connectivity index (χ4n) is 4.46. The molecule has 40 heavy (non-hydrogen) atoms. The largest absolute Gasteiger partial charge is 0.497 e. The van der Waals surface area contributed by atoms with E-state index < -0.39 is 23.6 Å². The van der Waals surface area contributed by atoms with Gasteiger partial charge in [0.15, 0.2) is 5.82 Å². The van der Waals surface area contributed by atoms with Gasteiger partial charge in [-0.2, -0.15) is 5.10 Å². The van der Waals surface area contributed by atoms with Crippen LogP contribution in [0.15, 0.2) is 91.6 Å². The number of carbonyl (C=O) groups excluding carboxylic acids is 2. The zero-order chi connectivity index (χ0) is 28.1. The third kappa shape index (κ3) is 5.04. The topological polar surface area (TPSA) is 140 Å². The van der Waals surface area contributed by atoms with Crippen LogP contribution in [0.2, 0.25) is 0 Å². The molecule has 0 bridgehead atoms. The van der Waals surface area contributed by atoms with Crippen molar-refractivity contribution in [3.8, 4) is 28.6 Å². The molecular weight excluding hydrogens is 514 g/mol. The minimum absolute atomic E-state index is 0.203. The van der Waals surface area contributed by atoms with E-state index in [2.05, 4.69) is 15.4 Å². The van der Waals surface area contributed by atoms with Gasteiger partial charge < -0.3 is 30.0 Å². The zero-order valence-electron chi connectivity index (χ0n) is 21.8. The first-order chi connectivity index (χ1) is 19.4. The molecular formula is C29H27N5O6. The van der Waals surface area contributed by atoms with Gasteiger partial charge in [0.05, 0.1) is 25.5 Å². The first-order valence-corrected chi connectivity index (χ1v) is 12.3. The maximum Gasteiger partial charge on any atom is 0.352 e. The Balaban J connectivity index is 1.48. The van der Waals surface area contributed by atoms with Gasteiger partial charge in [0, 0.05) is 24.4 Å². The first kappa shape index (κ1) is 26.3. The molecule has 0 aliphatic carbocycles. The Morgan fingerprint density at radius 1 is 1.02 bits per heavy atom. The minimum atomic E-state index is -1.92. The van der Waals surface area contributed by atoms with Gasteiger partial charge >= 0.3 is 11.7 Å². The molecule has 1 aliphatic rings. The van der Waals surface area contributed by atoms with Crippen molar-refractivity contribution in [1.82, 2.24) is 20.1 Å². The van der Waals surface area contributed by atoms with E-state index in [4.69, 9.17) is 24.7 Å². The predicted molar refractivity (Wildman–Crippen MR) is 145 cm³/mol. The number of hydrogen-bond acceptors (Lipinski definition) is 8. The van der Waals surface area contributed by atoms with Crippen LogP contribution in [0.3, 0.4) is 0 Å². The summed E-state index contributed by atoms with van der Waals surface area (Å²) in [6, 6.07) is 18.7. The van der Waals surface area contributed by atoms with Crippen LogP contribution in [0.1, 0.15) is 15.9 Å². The molecule has 2 amide bonds. The molecule has 0 fully saturated rings. The molecule has 2 aromatic carbocycles. The Bertz CT molecular complexity index is 1540. The fraction of sp³-hybridized carbons (Fsp3) is 0.172. The lowest BCUT2D eigenvalue weighted by Gasteiger charge is -2.33. The van der Waals surface area contributed by atoms with E-state index in [-0.39, 0.29) is 17.8 Å². The van der Waals surface area contributed by atoms with Gasteiger partial charge in [0.25, 0.3) is 5.91 Å². The highest BCUT2D eigenvalue weighted by atomic mass is 16.7. The lowest BCUT2D eigenvalue weighted by Crippen LogP contribution is -2.61. The Morgan fingerprint density at radius 2 is 1.80 bits per heavy atom. The number of primary amides is 1. The van der Waals surface area contributed by atoms with Crippen LogP contribution >= 0.6 is 0 Å². The van der Waals surface area contributed by atoms with E-state index in [1.54, 1.807) is 56.9 Å².